The first-order valence-corrected chi connectivity index (χ1v) is 11.4. The summed E-state index contributed by atoms with van der Waals surface area (Å²) >= 11 is 12.0. The predicted octanol–water partition coefficient (Wildman–Crippen LogP) is 1.55. The highest BCUT2D eigenvalue weighted by atomic mass is 35.5. The van der Waals surface area contributed by atoms with E-state index >= 15 is 0 Å². The molecule has 1 aromatic carbocycles. The largest absolute Gasteiger partial charge is 0.386 e. The monoisotopic (exact) mass is 470 g/mol. The number of alkyl halides is 3. The van der Waals surface area contributed by atoms with E-state index < -0.39 is 39.6 Å². The van der Waals surface area contributed by atoms with Crippen LogP contribution in [0.1, 0.15) is 16.7 Å². The number of rotatable bonds is 9. The zero-order chi connectivity index (χ0) is 20.9. The second-order valence-electron chi connectivity index (χ2n) is 5.73. The van der Waals surface area contributed by atoms with E-state index in [2.05, 4.69) is 20.2 Å². The van der Waals surface area contributed by atoms with Gasteiger partial charge < -0.3 is 10.4 Å². The van der Waals surface area contributed by atoms with Gasteiger partial charge in [0.15, 0.2) is 4.84 Å². The number of aliphatic hydroxyl groups excluding tert-OH is 1. The zero-order valence-electron chi connectivity index (χ0n) is 14.5. The normalized spacial score (nSPS) is 14.1. The fourth-order valence-corrected chi connectivity index (χ4v) is 3.54. The Labute approximate surface area is 175 Å². The summed E-state index contributed by atoms with van der Waals surface area (Å²) in [6.07, 6.45) is -0.258. The number of halogens is 3. The van der Waals surface area contributed by atoms with Gasteiger partial charge >= 0.3 is 0 Å². The number of hydrogen-bond donors (Lipinski definition) is 3. The Bertz CT molecular complexity index is 909. The first-order valence-electron chi connectivity index (χ1n) is 7.80. The summed E-state index contributed by atoms with van der Waals surface area (Å²) in [5, 5.41) is 21.5. The van der Waals surface area contributed by atoms with E-state index in [1.807, 2.05) is 0 Å². The number of amides is 1. The molecule has 1 aromatic heterocycles. The molecule has 13 heteroatoms. The van der Waals surface area contributed by atoms with Gasteiger partial charge in [0.05, 0.1) is 18.8 Å². The molecule has 0 saturated carbocycles. The van der Waals surface area contributed by atoms with Crippen LogP contribution in [0, 0.1) is 0 Å². The van der Waals surface area contributed by atoms with Crippen molar-refractivity contribution in [2.45, 2.75) is 23.5 Å². The van der Waals surface area contributed by atoms with Crippen molar-refractivity contribution < 1.29 is 22.7 Å². The van der Waals surface area contributed by atoms with Crippen LogP contribution in [0.3, 0.4) is 0 Å². The molecule has 0 spiro atoms. The van der Waals surface area contributed by atoms with Crippen molar-refractivity contribution >= 4 is 50.5 Å². The Morgan fingerprint density at radius 1 is 1.29 bits per heavy atom. The van der Waals surface area contributed by atoms with Crippen LogP contribution in [0.4, 0.5) is 4.39 Å². The van der Waals surface area contributed by atoms with Crippen LogP contribution >= 0.6 is 34.5 Å². The standard InChI is InChI=1S/C15H17Cl2FN4O4S2/c1-28(25,26)19-7-11-21-22-15(27-11)9-4-2-8(3-5-9)12(23)10(6-18)20-14(24)13(16)17/h2-5,10,12-13,19,23H,6-7H2,1H3,(H,20,24)/t10-,12+/m1/s1. The first-order chi connectivity index (χ1) is 13.1. The summed E-state index contributed by atoms with van der Waals surface area (Å²) in [4.78, 5) is 10.1. The molecule has 1 heterocycles. The van der Waals surface area contributed by atoms with Crippen molar-refractivity contribution in [2.75, 3.05) is 12.9 Å². The van der Waals surface area contributed by atoms with Gasteiger partial charge in [0.2, 0.25) is 10.0 Å². The van der Waals surface area contributed by atoms with E-state index in [0.29, 0.717) is 21.1 Å². The van der Waals surface area contributed by atoms with Crippen LogP contribution in [0.15, 0.2) is 24.3 Å². The van der Waals surface area contributed by atoms with Crippen LogP contribution in [0.25, 0.3) is 10.6 Å². The molecule has 0 bridgehead atoms. The molecular formula is C15H17Cl2FN4O4S2. The van der Waals surface area contributed by atoms with Gasteiger partial charge in [-0.15, -0.1) is 10.2 Å². The molecule has 3 N–H and O–H groups in total. The van der Waals surface area contributed by atoms with Gasteiger partial charge in [-0.2, -0.15) is 0 Å². The van der Waals surface area contributed by atoms with Gasteiger partial charge in [0.25, 0.3) is 5.91 Å². The molecule has 0 saturated heterocycles. The number of carbonyl (C=O) groups excluding carboxylic acids is 1. The topological polar surface area (TPSA) is 121 Å². The summed E-state index contributed by atoms with van der Waals surface area (Å²) in [6, 6.07) is 5.22. The van der Waals surface area contributed by atoms with Gasteiger partial charge in [0, 0.05) is 5.56 Å². The number of benzene rings is 1. The predicted molar refractivity (Wildman–Crippen MR) is 105 cm³/mol. The minimum absolute atomic E-state index is 0.0350. The Morgan fingerprint density at radius 3 is 2.46 bits per heavy atom. The molecule has 0 radical (unpaired) electrons. The van der Waals surface area contributed by atoms with Gasteiger partial charge in [-0.25, -0.2) is 17.5 Å². The molecule has 0 aliphatic carbocycles. The average molecular weight is 471 g/mol. The molecular weight excluding hydrogens is 454 g/mol. The molecule has 0 aliphatic heterocycles. The second-order valence-corrected chi connectivity index (χ2v) is 9.72. The number of nitrogens with zero attached hydrogens (tertiary/aromatic N) is 2. The summed E-state index contributed by atoms with van der Waals surface area (Å²) in [7, 11) is -3.33. The molecule has 2 atom stereocenters. The van der Waals surface area contributed by atoms with Crippen molar-refractivity contribution in [3.63, 3.8) is 0 Å². The highest BCUT2D eigenvalue weighted by Crippen LogP contribution is 2.26. The third-order valence-corrected chi connectivity index (χ3v) is 5.56. The Morgan fingerprint density at radius 2 is 1.93 bits per heavy atom. The van der Waals surface area contributed by atoms with Gasteiger partial charge in [-0.3, -0.25) is 4.79 Å². The van der Waals surface area contributed by atoms with E-state index in [1.165, 1.54) is 11.3 Å². The van der Waals surface area contributed by atoms with Crippen molar-refractivity contribution in [2.24, 2.45) is 0 Å². The highest BCUT2D eigenvalue weighted by molar-refractivity contribution is 7.88. The van der Waals surface area contributed by atoms with Gasteiger partial charge in [-0.05, 0) is 5.56 Å². The Kier molecular flexibility index (Phi) is 8.10. The number of hydrogen-bond acceptors (Lipinski definition) is 7. The smallest absolute Gasteiger partial charge is 0.253 e. The second kappa shape index (κ2) is 9.90. The van der Waals surface area contributed by atoms with E-state index in [0.717, 1.165) is 6.26 Å². The number of sulfonamides is 1. The molecule has 0 fully saturated rings. The molecule has 28 heavy (non-hydrogen) atoms. The van der Waals surface area contributed by atoms with Crippen LogP contribution in [-0.4, -0.2) is 53.4 Å². The van der Waals surface area contributed by atoms with Crippen molar-refractivity contribution in [1.82, 2.24) is 20.2 Å². The van der Waals surface area contributed by atoms with Crippen molar-refractivity contribution in [3.05, 3.63) is 34.8 Å². The van der Waals surface area contributed by atoms with Crippen molar-refractivity contribution in [3.8, 4) is 10.6 Å². The van der Waals surface area contributed by atoms with Crippen LogP contribution in [0.5, 0.6) is 0 Å². The summed E-state index contributed by atoms with van der Waals surface area (Å²) in [5.41, 5.74) is 1.05. The Hall–Kier alpha value is -1.37. The minimum Gasteiger partial charge on any atom is -0.386 e. The number of aliphatic hydroxyl groups is 1. The van der Waals surface area contributed by atoms with E-state index in [1.54, 1.807) is 24.3 Å². The zero-order valence-corrected chi connectivity index (χ0v) is 17.6. The molecule has 1 amide bonds. The maximum Gasteiger partial charge on any atom is 0.253 e. The number of carbonyl (C=O) groups is 1. The fourth-order valence-electron chi connectivity index (χ4n) is 2.14. The molecule has 8 nitrogen and oxygen atoms in total. The molecule has 154 valence electrons. The van der Waals surface area contributed by atoms with Crippen LogP contribution in [0.2, 0.25) is 0 Å². The SMILES string of the molecule is CS(=O)(=O)NCc1nnc(-c2ccc([C@H](O)[C@@H](CF)NC(=O)C(Cl)Cl)cc2)s1. The molecule has 0 aliphatic rings. The lowest BCUT2D eigenvalue weighted by atomic mass is 10.0. The first kappa shape index (κ1) is 22.9. The van der Waals surface area contributed by atoms with Crippen LogP contribution in [-0.2, 0) is 21.4 Å². The maximum absolute atomic E-state index is 13.2. The van der Waals surface area contributed by atoms with Crippen molar-refractivity contribution in [1.29, 1.82) is 0 Å². The van der Waals surface area contributed by atoms with Crippen LogP contribution < -0.4 is 10.0 Å². The van der Waals surface area contributed by atoms with Gasteiger partial charge in [-0.1, -0.05) is 58.8 Å². The highest BCUT2D eigenvalue weighted by Gasteiger charge is 2.25. The van der Waals surface area contributed by atoms with E-state index in [9.17, 15) is 22.7 Å². The van der Waals surface area contributed by atoms with E-state index in [-0.39, 0.29) is 6.54 Å². The molecule has 2 rings (SSSR count). The quantitative estimate of drug-likeness (QED) is 0.478. The third-order valence-electron chi connectivity index (χ3n) is 3.52. The lowest BCUT2D eigenvalue weighted by Crippen LogP contribution is -2.43. The number of nitrogens with one attached hydrogen (secondary N) is 2. The third kappa shape index (κ3) is 6.61. The summed E-state index contributed by atoms with van der Waals surface area (Å²) in [6.45, 7) is -0.977. The lowest BCUT2D eigenvalue weighted by Gasteiger charge is -2.22. The van der Waals surface area contributed by atoms with E-state index in [4.69, 9.17) is 23.2 Å². The number of aromatic nitrogens is 2. The maximum atomic E-state index is 13.2. The molecule has 2 aromatic rings. The average Bonchev–Trinajstić information content (AvgIpc) is 3.12. The Balaban J connectivity index is 2.08. The van der Waals surface area contributed by atoms with Gasteiger partial charge in [0.1, 0.15) is 22.8 Å². The minimum atomic E-state index is -3.33. The lowest BCUT2D eigenvalue weighted by molar-refractivity contribution is -0.121. The summed E-state index contributed by atoms with van der Waals surface area (Å²) < 4.78 is 37.8. The molecule has 0 unspecified atom stereocenters. The summed E-state index contributed by atoms with van der Waals surface area (Å²) in [5.74, 6) is -0.800. The fraction of sp³-hybridized carbons (Fsp3) is 0.400.